The second kappa shape index (κ2) is 9.26. The van der Waals surface area contributed by atoms with Gasteiger partial charge in [-0.25, -0.2) is 0 Å². The van der Waals surface area contributed by atoms with Crippen LogP contribution in [-0.2, 0) is 6.42 Å². The van der Waals surface area contributed by atoms with Gasteiger partial charge in [0.2, 0.25) is 0 Å². The predicted molar refractivity (Wildman–Crippen MR) is 125 cm³/mol. The molecule has 1 amide bonds. The number of carbonyl (C=O) groups excluding carboxylic acids is 1. The summed E-state index contributed by atoms with van der Waals surface area (Å²) in [6, 6.07) is 10.9. The van der Waals surface area contributed by atoms with Gasteiger partial charge in [-0.1, -0.05) is 41.9 Å². The number of amides is 1. The fraction of sp³-hybridized carbons (Fsp3) is 0.292. The van der Waals surface area contributed by atoms with E-state index in [1.54, 1.807) is 29.4 Å². The molecule has 0 saturated carbocycles. The maximum atomic E-state index is 13.8. The number of benzene rings is 2. The van der Waals surface area contributed by atoms with Gasteiger partial charge in [0, 0.05) is 12.1 Å². The van der Waals surface area contributed by atoms with Crippen LogP contribution in [0.4, 0.5) is 0 Å². The highest BCUT2D eigenvalue weighted by Crippen LogP contribution is 2.36. The molecule has 1 fully saturated rings. The third-order valence-corrected chi connectivity index (χ3v) is 6.31. The van der Waals surface area contributed by atoms with Gasteiger partial charge in [-0.3, -0.25) is 4.79 Å². The van der Waals surface area contributed by atoms with E-state index in [0.717, 1.165) is 30.4 Å². The molecule has 0 spiro atoms. The van der Waals surface area contributed by atoms with Crippen LogP contribution in [0.3, 0.4) is 0 Å². The second-order valence-electron chi connectivity index (χ2n) is 7.95. The highest BCUT2D eigenvalue weighted by atomic mass is 35.5. The van der Waals surface area contributed by atoms with Crippen molar-refractivity contribution in [3.63, 3.8) is 0 Å². The lowest BCUT2D eigenvalue weighted by molar-refractivity contribution is 0.0727. The van der Waals surface area contributed by atoms with E-state index in [-0.39, 0.29) is 11.9 Å². The monoisotopic (exact) mass is 478 g/mol. The van der Waals surface area contributed by atoms with E-state index in [1.165, 1.54) is 11.9 Å². The summed E-state index contributed by atoms with van der Waals surface area (Å²) < 4.78 is 11.0. The number of nitrogens with zero attached hydrogens (tertiary/aromatic N) is 6. The predicted octanol–water partition coefficient (Wildman–Crippen LogP) is 4.52. The summed E-state index contributed by atoms with van der Waals surface area (Å²) in [4.78, 5) is 21.6. The number of likely N-dealkylation sites (tertiary alicyclic amines) is 1. The highest BCUT2D eigenvalue weighted by Gasteiger charge is 2.35. The summed E-state index contributed by atoms with van der Waals surface area (Å²) in [5.41, 5.74) is 2.89. The van der Waals surface area contributed by atoms with Crippen LogP contribution >= 0.6 is 11.6 Å². The fourth-order valence-corrected chi connectivity index (χ4v) is 4.56. The molecule has 174 valence electrons. The molecule has 3 heterocycles. The topological polar surface area (TPSA) is 99.2 Å². The van der Waals surface area contributed by atoms with Gasteiger partial charge in [0.05, 0.1) is 36.1 Å². The molecular formula is C24H23ClN6O3. The lowest BCUT2D eigenvalue weighted by Gasteiger charge is -2.23. The van der Waals surface area contributed by atoms with Crippen LogP contribution in [-0.4, -0.2) is 49.6 Å². The Balaban J connectivity index is 1.50. The summed E-state index contributed by atoms with van der Waals surface area (Å²) in [5.74, 6) is 1.15. The van der Waals surface area contributed by atoms with E-state index in [0.29, 0.717) is 40.3 Å². The average molecular weight is 479 g/mol. The first-order chi connectivity index (χ1) is 16.6. The quantitative estimate of drug-likeness (QED) is 0.401. The first-order valence-electron chi connectivity index (χ1n) is 11.1. The normalized spacial score (nSPS) is 15.6. The van der Waals surface area contributed by atoms with E-state index < -0.39 is 0 Å². The van der Waals surface area contributed by atoms with Crippen molar-refractivity contribution in [2.45, 2.75) is 32.2 Å². The average Bonchev–Trinajstić information content (AvgIpc) is 3.64. The Bertz CT molecular complexity index is 1320. The van der Waals surface area contributed by atoms with Crippen molar-refractivity contribution >= 4 is 17.5 Å². The van der Waals surface area contributed by atoms with E-state index in [2.05, 4.69) is 27.3 Å². The van der Waals surface area contributed by atoms with Crippen molar-refractivity contribution < 1.29 is 14.1 Å². The Morgan fingerprint density at radius 3 is 2.79 bits per heavy atom. The summed E-state index contributed by atoms with van der Waals surface area (Å²) in [5, 5.41) is 13.0. The number of aromatic nitrogens is 5. The van der Waals surface area contributed by atoms with Crippen molar-refractivity contribution in [1.29, 1.82) is 0 Å². The van der Waals surface area contributed by atoms with E-state index in [4.69, 9.17) is 20.9 Å². The zero-order chi connectivity index (χ0) is 23.7. The Labute approximate surface area is 201 Å². The molecular weight excluding hydrogens is 456 g/mol. The molecule has 1 aliphatic heterocycles. The van der Waals surface area contributed by atoms with Crippen LogP contribution in [0.1, 0.15) is 47.6 Å². The molecule has 0 radical (unpaired) electrons. The first-order valence-corrected chi connectivity index (χ1v) is 11.5. The van der Waals surface area contributed by atoms with E-state index in [9.17, 15) is 4.79 Å². The molecule has 9 nitrogen and oxygen atoms in total. The van der Waals surface area contributed by atoms with Gasteiger partial charge in [0.1, 0.15) is 11.4 Å². The summed E-state index contributed by atoms with van der Waals surface area (Å²) in [7, 11) is 1.51. The third-order valence-electron chi connectivity index (χ3n) is 6.02. The van der Waals surface area contributed by atoms with Gasteiger partial charge < -0.3 is 14.2 Å². The Kier molecular flexibility index (Phi) is 6.02. The summed E-state index contributed by atoms with van der Waals surface area (Å²) in [6.45, 7) is 2.65. The molecule has 1 unspecified atom stereocenters. The van der Waals surface area contributed by atoms with Gasteiger partial charge in [-0.2, -0.15) is 20.0 Å². The van der Waals surface area contributed by atoms with E-state index in [1.807, 2.05) is 24.3 Å². The number of halogens is 1. The summed E-state index contributed by atoms with van der Waals surface area (Å²) in [6.07, 6.45) is 5.50. The number of carbonyl (C=O) groups is 1. The van der Waals surface area contributed by atoms with Gasteiger partial charge in [0.25, 0.3) is 11.8 Å². The number of rotatable bonds is 6. The Hall–Kier alpha value is -3.72. The van der Waals surface area contributed by atoms with Crippen LogP contribution < -0.4 is 4.74 Å². The van der Waals surface area contributed by atoms with Crippen LogP contribution in [0.5, 0.6) is 5.75 Å². The molecule has 10 heteroatoms. The molecule has 1 saturated heterocycles. The number of methoxy groups -OCH3 is 1. The standard InChI is InChI=1S/C24H23ClN6O3/c1-3-15-7-4-5-8-16(15)23-28-22(29-34-23)19-9-6-12-30(19)24(32)17-13-21(33-2)18(25)14-20(17)31-26-10-11-27-31/h4-5,7-8,10-11,13-14,19H,3,6,9,12H2,1-2H3. The number of aryl methyl sites for hydroxylation is 1. The molecule has 4 aromatic rings. The molecule has 34 heavy (non-hydrogen) atoms. The van der Waals surface area contributed by atoms with Gasteiger partial charge >= 0.3 is 0 Å². The molecule has 0 aliphatic carbocycles. The van der Waals surface area contributed by atoms with Gasteiger partial charge in [-0.15, -0.1) is 0 Å². The number of hydrogen-bond donors (Lipinski definition) is 0. The van der Waals surface area contributed by atoms with Crippen LogP contribution in [0.2, 0.25) is 5.02 Å². The third kappa shape index (κ3) is 3.92. The molecule has 0 N–H and O–H groups in total. The van der Waals surface area contributed by atoms with E-state index >= 15 is 0 Å². The Morgan fingerprint density at radius 2 is 2.03 bits per heavy atom. The van der Waals surface area contributed by atoms with Crippen LogP contribution in [0.25, 0.3) is 17.1 Å². The molecule has 1 aliphatic rings. The van der Waals surface area contributed by atoms with Crippen molar-refractivity contribution in [2.75, 3.05) is 13.7 Å². The van der Waals surface area contributed by atoms with Crippen molar-refractivity contribution in [3.8, 4) is 22.9 Å². The van der Waals surface area contributed by atoms with Crippen molar-refractivity contribution in [2.24, 2.45) is 0 Å². The molecule has 2 aromatic heterocycles. The lowest BCUT2D eigenvalue weighted by atomic mass is 10.1. The van der Waals surface area contributed by atoms with Crippen molar-refractivity contribution in [3.05, 3.63) is 70.8 Å². The lowest BCUT2D eigenvalue weighted by Crippen LogP contribution is -2.32. The van der Waals surface area contributed by atoms with Crippen molar-refractivity contribution in [1.82, 2.24) is 30.0 Å². The maximum Gasteiger partial charge on any atom is 0.258 e. The zero-order valence-corrected chi connectivity index (χ0v) is 19.6. The first kappa shape index (κ1) is 22.1. The molecule has 5 rings (SSSR count). The highest BCUT2D eigenvalue weighted by molar-refractivity contribution is 6.32. The van der Waals surface area contributed by atoms with Crippen LogP contribution in [0, 0.1) is 0 Å². The minimum Gasteiger partial charge on any atom is -0.495 e. The Morgan fingerprint density at radius 1 is 1.24 bits per heavy atom. The molecule has 1 atom stereocenters. The molecule has 2 aromatic carbocycles. The molecule has 0 bridgehead atoms. The summed E-state index contributed by atoms with van der Waals surface area (Å²) >= 11 is 6.34. The maximum absolute atomic E-state index is 13.8. The smallest absolute Gasteiger partial charge is 0.258 e. The minimum absolute atomic E-state index is 0.204. The number of ether oxygens (including phenoxy) is 1. The second-order valence-corrected chi connectivity index (χ2v) is 8.35. The fourth-order valence-electron chi connectivity index (χ4n) is 4.33. The van der Waals surface area contributed by atoms with Gasteiger partial charge in [0.15, 0.2) is 5.82 Å². The van der Waals surface area contributed by atoms with Crippen LogP contribution in [0.15, 0.2) is 53.3 Å². The largest absolute Gasteiger partial charge is 0.495 e. The number of hydrogen-bond acceptors (Lipinski definition) is 7. The SMILES string of the molecule is CCc1ccccc1-c1nc(C2CCCN2C(=O)c2cc(OC)c(Cl)cc2-n2nccn2)no1. The zero-order valence-electron chi connectivity index (χ0n) is 18.8. The van der Waals surface area contributed by atoms with Gasteiger partial charge in [-0.05, 0) is 43.0 Å². The minimum atomic E-state index is -0.307.